The molecule has 1 N–H and O–H groups in total. The molecule has 118 valence electrons. The van der Waals surface area contributed by atoms with E-state index in [1.807, 2.05) is 44.2 Å². The molecule has 0 spiro atoms. The Morgan fingerprint density at radius 1 is 0.957 bits per heavy atom. The molecule has 0 saturated carbocycles. The monoisotopic (exact) mass is 326 g/mol. The minimum absolute atomic E-state index is 0.581. The minimum atomic E-state index is 0.581. The number of aromatic nitrogens is 3. The first kappa shape index (κ1) is 15.4. The van der Waals surface area contributed by atoms with Gasteiger partial charge in [-0.2, -0.15) is 0 Å². The first-order chi connectivity index (χ1) is 11.0. The van der Waals surface area contributed by atoms with E-state index in [4.69, 9.17) is 4.74 Å². The highest BCUT2D eigenvalue weighted by atomic mass is 32.1. The fraction of sp³-hybridized carbons (Fsp3) is 0.235. The molecule has 0 aliphatic carbocycles. The van der Waals surface area contributed by atoms with Gasteiger partial charge in [-0.3, -0.25) is 0 Å². The molecule has 1 aromatic carbocycles. The molecule has 2 aromatic heterocycles. The zero-order valence-electron chi connectivity index (χ0n) is 13.5. The molecule has 2 heterocycles. The van der Waals surface area contributed by atoms with Crippen molar-refractivity contribution in [3.63, 3.8) is 0 Å². The predicted molar refractivity (Wildman–Crippen MR) is 93.6 cm³/mol. The summed E-state index contributed by atoms with van der Waals surface area (Å²) in [4.78, 5) is 14.6. The average Bonchev–Trinajstić information content (AvgIpc) is 2.87. The molecule has 0 bridgehead atoms. The van der Waals surface area contributed by atoms with Crippen LogP contribution in [0.4, 0.5) is 11.1 Å². The van der Waals surface area contributed by atoms with Crippen LogP contribution < -0.4 is 10.1 Å². The van der Waals surface area contributed by atoms with Crippen molar-refractivity contribution in [3.05, 3.63) is 46.6 Å². The molecule has 0 aliphatic heterocycles. The summed E-state index contributed by atoms with van der Waals surface area (Å²) in [5.41, 5.74) is 3.89. The summed E-state index contributed by atoms with van der Waals surface area (Å²) in [5.74, 6) is 1.42. The molecule has 3 aromatic rings. The van der Waals surface area contributed by atoms with Crippen LogP contribution in [-0.2, 0) is 0 Å². The fourth-order valence-corrected chi connectivity index (χ4v) is 3.17. The quantitative estimate of drug-likeness (QED) is 0.775. The molecule has 0 unspecified atom stereocenters. The number of nitrogens with one attached hydrogen (secondary N) is 1. The Balaban J connectivity index is 1.88. The number of aryl methyl sites for hydroxylation is 3. The topological polar surface area (TPSA) is 59.9 Å². The van der Waals surface area contributed by atoms with Gasteiger partial charge >= 0.3 is 0 Å². The lowest BCUT2D eigenvalue weighted by Gasteiger charge is -2.03. The summed E-state index contributed by atoms with van der Waals surface area (Å²) < 4.78 is 5.20. The van der Waals surface area contributed by atoms with E-state index in [1.165, 1.54) is 0 Å². The van der Waals surface area contributed by atoms with Gasteiger partial charge in [0.25, 0.3) is 0 Å². The third-order valence-corrected chi connectivity index (χ3v) is 4.25. The van der Waals surface area contributed by atoms with E-state index in [1.54, 1.807) is 18.4 Å². The third-order valence-electron chi connectivity index (χ3n) is 3.36. The maximum atomic E-state index is 5.20. The number of thiazole rings is 1. The first-order valence-electron chi connectivity index (χ1n) is 7.26. The van der Waals surface area contributed by atoms with Crippen molar-refractivity contribution in [2.75, 3.05) is 12.4 Å². The molecule has 0 saturated heterocycles. The van der Waals surface area contributed by atoms with Crippen LogP contribution in [0.5, 0.6) is 5.75 Å². The van der Waals surface area contributed by atoms with Crippen molar-refractivity contribution in [1.29, 1.82) is 0 Å². The highest BCUT2D eigenvalue weighted by molar-refractivity contribution is 7.16. The van der Waals surface area contributed by atoms with Gasteiger partial charge in [0.05, 0.1) is 12.8 Å². The van der Waals surface area contributed by atoms with Crippen molar-refractivity contribution in [2.24, 2.45) is 0 Å². The molecule has 0 atom stereocenters. The number of ether oxygens (including phenoxy) is 1. The van der Waals surface area contributed by atoms with Crippen LogP contribution >= 0.6 is 11.3 Å². The zero-order chi connectivity index (χ0) is 16.4. The van der Waals surface area contributed by atoms with E-state index in [0.29, 0.717) is 5.95 Å². The number of hydrogen-bond donors (Lipinski definition) is 1. The number of anilines is 2. The molecule has 0 fully saturated rings. The Labute approximate surface area is 139 Å². The molecule has 6 heteroatoms. The van der Waals surface area contributed by atoms with E-state index in [-0.39, 0.29) is 0 Å². The van der Waals surface area contributed by atoms with E-state index in [2.05, 4.69) is 27.2 Å². The second kappa shape index (κ2) is 6.34. The highest BCUT2D eigenvalue weighted by Crippen LogP contribution is 2.32. The Kier molecular flexibility index (Phi) is 4.25. The van der Waals surface area contributed by atoms with Crippen LogP contribution in [0, 0.1) is 20.8 Å². The second-order valence-electron chi connectivity index (χ2n) is 5.25. The van der Waals surface area contributed by atoms with Crippen LogP contribution in [0.2, 0.25) is 0 Å². The van der Waals surface area contributed by atoms with Crippen molar-refractivity contribution in [3.8, 4) is 17.0 Å². The van der Waals surface area contributed by atoms with Gasteiger partial charge in [-0.25, -0.2) is 15.0 Å². The fourth-order valence-electron chi connectivity index (χ4n) is 2.34. The van der Waals surface area contributed by atoms with Crippen LogP contribution in [0.3, 0.4) is 0 Å². The maximum Gasteiger partial charge on any atom is 0.229 e. The molecule has 23 heavy (non-hydrogen) atoms. The van der Waals surface area contributed by atoms with Crippen molar-refractivity contribution >= 4 is 22.4 Å². The molecule has 0 radical (unpaired) electrons. The number of benzene rings is 1. The van der Waals surface area contributed by atoms with Gasteiger partial charge in [-0.05, 0) is 51.1 Å². The summed E-state index contributed by atoms with van der Waals surface area (Å²) >= 11 is 1.59. The SMILES string of the molecule is COc1ccc(-c2nc(Nc3nc(C)cc(C)n3)sc2C)cc1. The Morgan fingerprint density at radius 3 is 2.22 bits per heavy atom. The molecular formula is C17H18N4OS. The van der Waals surface area contributed by atoms with Crippen molar-refractivity contribution < 1.29 is 4.74 Å². The number of rotatable bonds is 4. The van der Waals surface area contributed by atoms with Gasteiger partial charge < -0.3 is 10.1 Å². The molecule has 3 rings (SSSR count). The van der Waals surface area contributed by atoms with E-state index >= 15 is 0 Å². The lowest BCUT2D eigenvalue weighted by molar-refractivity contribution is 0.415. The lowest BCUT2D eigenvalue weighted by Crippen LogP contribution is -1.99. The summed E-state index contributed by atoms with van der Waals surface area (Å²) in [5, 5.41) is 3.99. The predicted octanol–water partition coefficient (Wildman–Crippen LogP) is 4.28. The Morgan fingerprint density at radius 2 is 1.61 bits per heavy atom. The standard InChI is InChI=1S/C17H18N4OS/c1-10-9-11(2)19-16(18-10)21-17-20-15(12(3)23-17)13-5-7-14(22-4)8-6-13/h5-9H,1-4H3,(H,18,19,20,21). The highest BCUT2D eigenvalue weighted by Gasteiger charge is 2.11. The number of hydrogen-bond acceptors (Lipinski definition) is 6. The third kappa shape index (κ3) is 3.48. The molecular weight excluding hydrogens is 308 g/mol. The molecule has 0 amide bonds. The maximum absolute atomic E-state index is 5.20. The summed E-state index contributed by atoms with van der Waals surface area (Å²) in [6, 6.07) is 9.85. The van der Waals surface area contributed by atoms with Crippen LogP contribution in [0.15, 0.2) is 30.3 Å². The van der Waals surface area contributed by atoms with Gasteiger partial charge in [0.15, 0.2) is 5.13 Å². The number of methoxy groups -OCH3 is 1. The van der Waals surface area contributed by atoms with E-state index in [9.17, 15) is 0 Å². The molecule has 0 aliphatic rings. The Hall–Kier alpha value is -2.47. The van der Waals surface area contributed by atoms with E-state index in [0.717, 1.165) is 38.4 Å². The van der Waals surface area contributed by atoms with Gasteiger partial charge in [-0.15, -0.1) is 11.3 Å². The van der Waals surface area contributed by atoms with Gasteiger partial charge in [0, 0.05) is 21.8 Å². The second-order valence-corrected chi connectivity index (χ2v) is 6.45. The number of nitrogens with zero attached hydrogens (tertiary/aromatic N) is 3. The Bertz CT molecular complexity index is 807. The van der Waals surface area contributed by atoms with Crippen LogP contribution in [0.1, 0.15) is 16.3 Å². The first-order valence-corrected chi connectivity index (χ1v) is 8.08. The minimum Gasteiger partial charge on any atom is -0.497 e. The smallest absolute Gasteiger partial charge is 0.229 e. The summed E-state index contributed by atoms with van der Waals surface area (Å²) in [7, 11) is 1.66. The van der Waals surface area contributed by atoms with Crippen LogP contribution in [-0.4, -0.2) is 22.1 Å². The van der Waals surface area contributed by atoms with Crippen molar-refractivity contribution in [1.82, 2.24) is 15.0 Å². The van der Waals surface area contributed by atoms with Crippen LogP contribution in [0.25, 0.3) is 11.3 Å². The van der Waals surface area contributed by atoms with Gasteiger partial charge in [0.1, 0.15) is 5.75 Å². The van der Waals surface area contributed by atoms with E-state index < -0.39 is 0 Å². The lowest BCUT2D eigenvalue weighted by atomic mass is 10.1. The van der Waals surface area contributed by atoms with Gasteiger partial charge in [-0.1, -0.05) is 0 Å². The molecule has 5 nitrogen and oxygen atoms in total. The van der Waals surface area contributed by atoms with Gasteiger partial charge in [0.2, 0.25) is 5.95 Å². The normalized spacial score (nSPS) is 10.6. The summed E-state index contributed by atoms with van der Waals surface area (Å²) in [6.07, 6.45) is 0. The zero-order valence-corrected chi connectivity index (χ0v) is 14.4. The van der Waals surface area contributed by atoms with Crippen molar-refractivity contribution in [2.45, 2.75) is 20.8 Å². The largest absolute Gasteiger partial charge is 0.497 e. The summed E-state index contributed by atoms with van der Waals surface area (Å²) in [6.45, 7) is 5.97. The average molecular weight is 326 g/mol.